The van der Waals surface area contributed by atoms with Crippen LogP contribution >= 0.6 is 15.9 Å². The Hall–Kier alpha value is -1.34. The molecule has 0 fully saturated rings. The van der Waals surface area contributed by atoms with E-state index < -0.39 is 10.0 Å². The first-order chi connectivity index (χ1) is 9.33. The maximum atomic E-state index is 12.2. The topological polar surface area (TPSA) is 64.0 Å². The van der Waals surface area contributed by atoms with Crippen LogP contribution in [0.25, 0.3) is 0 Å². The van der Waals surface area contributed by atoms with Gasteiger partial charge in [0.2, 0.25) is 0 Å². The maximum Gasteiger partial charge on any atom is 0.280 e. The average Bonchev–Trinajstić information content (AvgIpc) is 2.85. The minimum Gasteiger partial charge on any atom is -0.336 e. The highest BCUT2D eigenvalue weighted by atomic mass is 79.9. The van der Waals surface area contributed by atoms with Gasteiger partial charge in [0.25, 0.3) is 10.0 Å². The first kappa shape index (κ1) is 15.1. The van der Waals surface area contributed by atoms with E-state index in [-0.39, 0.29) is 5.03 Å². The van der Waals surface area contributed by atoms with Gasteiger partial charge in [-0.3, -0.25) is 4.72 Å². The zero-order chi connectivity index (χ0) is 14.9. The first-order valence-corrected chi connectivity index (χ1v) is 8.42. The van der Waals surface area contributed by atoms with Crippen LogP contribution in [0.2, 0.25) is 0 Å². The number of benzene rings is 1. The van der Waals surface area contributed by atoms with Gasteiger partial charge in [-0.05, 0) is 44.0 Å². The monoisotopic (exact) mass is 357 g/mol. The zero-order valence-electron chi connectivity index (χ0n) is 11.5. The fourth-order valence-electron chi connectivity index (χ4n) is 1.86. The highest BCUT2D eigenvalue weighted by Crippen LogP contribution is 2.26. The smallest absolute Gasteiger partial charge is 0.280 e. The molecule has 0 spiro atoms. The van der Waals surface area contributed by atoms with Crippen LogP contribution in [0, 0.1) is 13.8 Å². The van der Waals surface area contributed by atoms with E-state index in [1.54, 1.807) is 16.7 Å². The third-order valence-electron chi connectivity index (χ3n) is 2.94. The first-order valence-electron chi connectivity index (χ1n) is 6.15. The molecular formula is C13H16BrN3O2S. The number of hydrogen-bond acceptors (Lipinski definition) is 3. The lowest BCUT2D eigenvalue weighted by Crippen LogP contribution is -2.13. The summed E-state index contributed by atoms with van der Waals surface area (Å²) in [6.45, 7) is 6.44. The lowest BCUT2D eigenvalue weighted by atomic mass is 10.1. The molecule has 0 saturated heterocycles. The third kappa shape index (κ3) is 3.04. The van der Waals surface area contributed by atoms with Crippen molar-refractivity contribution in [1.29, 1.82) is 0 Å². The Balaban J connectivity index is 2.33. The van der Waals surface area contributed by atoms with Crippen molar-refractivity contribution >= 4 is 31.6 Å². The second kappa shape index (κ2) is 5.57. The van der Waals surface area contributed by atoms with E-state index >= 15 is 0 Å². The third-order valence-corrected chi connectivity index (χ3v) is 5.46. The summed E-state index contributed by atoms with van der Waals surface area (Å²) in [4.78, 5) is 3.92. The number of imidazole rings is 1. The molecule has 5 nitrogen and oxygen atoms in total. The van der Waals surface area contributed by atoms with Crippen LogP contribution in [0.1, 0.15) is 18.1 Å². The van der Waals surface area contributed by atoms with Crippen LogP contribution < -0.4 is 4.72 Å². The molecule has 0 bridgehead atoms. The van der Waals surface area contributed by atoms with Gasteiger partial charge in [-0.2, -0.15) is 8.42 Å². The van der Waals surface area contributed by atoms with E-state index in [1.807, 2.05) is 20.8 Å². The standard InChI is InChI=1S/C13H16BrN3O2S/c1-4-17-7-12(15-8-17)20(18,19)16-11-5-9(2)13(14)10(3)6-11/h5-8,16H,4H2,1-3H3. The number of anilines is 1. The summed E-state index contributed by atoms with van der Waals surface area (Å²) < 4.78 is 29.7. The van der Waals surface area contributed by atoms with Gasteiger partial charge in [-0.1, -0.05) is 15.9 Å². The molecule has 0 aliphatic heterocycles. The normalized spacial score (nSPS) is 11.6. The van der Waals surface area contributed by atoms with Crippen molar-refractivity contribution in [3.63, 3.8) is 0 Å². The van der Waals surface area contributed by atoms with Crippen molar-refractivity contribution in [2.24, 2.45) is 0 Å². The van der Waals surface area contributed by atoms with Crippen LogP contribution in [-0.2, 0) is 16.6 Å². The van der Waals surface area contributed by atoms with Crippen molar-refractivity contribution < 1.29 is 8.42 Å². The highest BCUT2D eigenvalue weighted by Gasteiger charge is 2.18. The molecule has 1 aromatic heterocycles. The molecule has 2 aromatic rings. The Morgan fingerprint density at radius 3 is 2.40 bits per heavy atom. The molecule has 0 amide bonds. The molecule has 1 heterocycles. The lowest BCUT2D eigenvalue weighted by molar-refractivity contribution is 0.598. The SMILES string of the molecule is CCn1cnc(S(=O)(=O)Nc2cc(C)c(Br)c(C)c2)c1. The van der Waals surface area contributed by atoms with Crippen molar-refractivity contribution in [2.45, 2.75) is 32.3 Å². The molecule has 20 heavy (non-hydrogen) atoms. The van der Waals surface area contributed by atoms with Gasteiger partial charge < -0.3 is 4.57 Å². The van der Waals surface area contributed by atoms with E-state index in [9.17, 15) is 8.42 Å². The van der Waals surface area contributed by atoms with Gasteiger partial charge in [0, 0.05) is 22.9 Å². The zero-order valence-corrected chi connectivity index (χ0v) is 13.9. The van der Waals surface area contributed by atoms with Crippen LogP contribution in [0.5, 0.6) is 0 Å². The second-order valence-electron chi connectivity index (χ2n) is 4.57. The number of nitrogens with zero attached hydrogens (tertiary/aromatic N) is 2. The molecule has 0 radical (unpaired) electrons. The van der Waals surface area contributed by atoms with E-state index in [2.05, 4.69) is 25.6 Å². The molecular weight excluding hydrogens is 342 g/mol. The Morgan fingerprint density at radius 1 is 1.30 bits per heavy atom. The molecule has 0 unspecified atom stereocenters. The molecule has 0 aliphatic rings. The second-order valence-corrected chi connectivity index (χ2v) is 6.99. The summed E-state index contributed by atoms with van der Waals surface area (Å²) in [6, 6.07) is 3.57. The Bertz CT molecular complexity index is 715. The predicted molar refractivity (Wildman–Crippen MR) is 82.3 cm³/mol. The molecule has 0 saturated carbocycles. The number of nitrogens with one attached hydrogen (secondary N) is 1. The van der Waals surface area contributed by atoms with Gasteiger partial charge in [0.05, 0.1) is 6.33 Å². The van der Waals surface area contributed by atoms with E-state index in [4.69, 9.17) is 0 Å². The average molecular weight is 358 g/mol. The number of rotatable bonds is 4. The molecule has 1 aromatic carbocycles. The van der Waals surface area contributed by atoms with Crippen molar-refractivity contribution in [3.8, 4) is 0 Å². The summed E-state index contributed by atoms with van der Waals surface area (Å²) in [7, 11) is -3.65. The van der Waals surface area contributed by atoms with Gasteiger partial charge >= 0.3 is 0 Å². The van der Waals surface area contributed by atoms with Crippen molar-refractivity contribution in [2.75, 3.05) is 4.72 Å². The number of halogens is 1. The molecule has 0 aliphatic carbocycles. The number of aryl methyl sites for hydroxylation is 3. The Labute approximate surface area is 127 Å². The minimum atomic E-state index is -3.65. The van der Waals surface area contributed by atoms with Crippen LogP contribution in [0.4, 0.5) is 5.69 Å². The summed E-state index contributed by atoms with van der Waals surface area (Å²) in [5.41, 5.74) is 2.48. The van der Waals surface area contributed by atoms with Gasteiger partial charge in [0.15, 0.2) is 5.03 Å². The van der Waals surface area contributed by atoms with Crippen molar-refractivity contribution in [3.05, 3.63) is 40.3 Å². The van der Waals surface area contributed by atoms with Crippen molar-refractivity contribution in [1.82, 2.24) is 9.55 Å². The van der Waals surface area contributed by atoms with Gasteiger partial charge in [0.1, 0.15) is 0 Å². The number of aromatic nitrogens is 2. The molecule has 7 heteroatoms. The summed E-state index contributed by atoms with van der Waals surface area (Å²) in [5.74, 6) is 0. The summed E-state index contributed by atoms with van der Waals surface area (Å²) in [5, 5.41) is 0.0255. The quantitative estimate of drug-likeness (QED) is 0.914. The van der Waals surface area contributed by atoms with E-state index in [0.29, 0.717) is 12.2 Å². The Morgan fingerprint density at radius 2 is 1.90 bits per heavy atom. The highest BCUT2D eigenvalue weighted by molar-refractivity contribution is 9.10. The van der Waals surface area contributed by atoms with E-state index in [0.717, 1.165) is 15.6 Å². The summed E-state index contributed by atoms with van der Waals surface area (Å²) in [6.07, 6.45) is 3.02. The van der Waals surface area contributed by atoms with E-state index in [1.165, 1.54) is 12.5 Å². The number of hydrogen-bond donors (Lipinski definition) is 1. The number of sulfonamides is 1. The molecule has 2 rings (SSSR count). The fraction of sp³-hybridized carbons (Fsp3) is 0.308. The fourth-order valence-corrected chi connectivity index (χ4v) is 3.09. The lowest BCUT2D eigenvalue weighted by Gasteiger charge is -2.10. The maximum absolute atomic E-state index is 12.2. The van der Waals surface area contributed by atoms with Crippen LogP contribution in [0.3, 0.4) is 0 Å². The summed E-state index contributed by atoms with van der Waals surface area (Å²) >= 11 is 3.46. The minimum absolute atomic E-state index is 0.0255. The largest absolute Gasteiger partial charge is 0.336 e. The van der Waals surface area contributed by atoms with Crippen LogP contribution in [0.15, 0.2) is 34.2 Å². The van der Waals surface area contributed by atoms with Gasteiger partial charge in [-0.25, -0.2) is 4.98 Å². The Kier molecular flexibility index (Phi) is 4.19. The molecule has 0 atom stereocenters. The van der Waals surface area contributed by atoms with Gasteiger partial charge in [-0.15, -0.1) is 0 Å². The molecule has 108 valence electrons. The molecule has 1 N–H and O–H groups in total. The predicted octanol–water partition coefficient (Wildman–Crippen LogP) is 3.08. The van der Waals surface area contributed by atoms with Crippen LogP contribution in [-0.4, -0.2) is 18.0 Å².